The number of nitro benzene ring substituents is 1. The molecule has 1 aromatic carbocycles. The van der Waals surface area contributed by atoms with E-state index in [2.05, 4.69) is 9.46 Å². The third kappa shape index (κ3) is 2.94. The summed E-state index contributed by atoms with van der Waals surface area (Å²) in [6, 6.07) is 2.83. The lowest BCUT2D eigenvalue weighted by Gasteiger charge is -2.09. The van der Waals surface area contributed by atoms with Crippen molar-refractivity contribution >= 4 is 21.7 Å². The van der Waals surface area contributed by atoms with Crippen LogP contribution in [0.15, 0.2) is 23.1 Å². The molecule has 1 aliphatic carbocycles. The molecule has 1 fully saturated rings. The van der Waals surface area contributed by atoms with Crippen molar-refractivity contribution in [3.8, 4) is 0 Å². The topological polar surface area (TPSA) is 116 Å². The molecule has 1 aliphatic rings. The van der Waals surface area contributed by atoms with Crippen LogP contribution in [0, 0.1) is 10.1 Å². The summed E-state index contributed by atoms with van der Waals surface area (Å²) in [7, 11) is -2.82. The van der Waals surface area contributed by atoms with Crippen LogP contribution in [0.5, 0.6) is 0 Å². The zero-order chi connectivity index (χ0) is 14.9. The molecular formula is C11H12N2O6S. The molecule has 0 radical (unpaired) electrons. The van der Waals surface area contributed by atoms with Gasteiger partial charge in [0.2, 0.25) is 10.0 Å². The van der Waals surface area contributed by atoms with Crippen molar-refractivity contribution < 1.29 is 22.9 Å². The van der Waals surface area contributed by atoms with Crippen LogP contribution in [0.2, 0.25) is 0 Å². The highest BCUT2D eigenvalue weighted by Gasteiger charge is 2.31. The van der Waals surface area contributed by atoms with Crippen LogP contribution >= 0.6 is 0 Å². The third-order valence-electron chi connectivity index (χ3n) is 2.77. The molecule has 0 amide bonds. The van der Waals surface area contributed by atoms with Crippen molar-refractivity contribution in [3.05, 3.63) is 33.9 Å². The molecule has 0 atom stereocenters. The maximum absolute atomic E-state index is 12.1. The van der Waals surface area contributed by atoms with Gasteiger partial charge < -0.3 is 4.74 Å². The zero-order valence-electron chi connectivity index (χ0n) is 10.5. The van der Waals surface area contributed by atoms with Gasteiger partial charge in [-0.15, -0.1) is 0 Å². The summed E-state index contributed by atoms with van der Waals surface area (Å²) in [6.07, 6.45) is 1.47. The fourth-order valence-corrected chi connectivity index (χ4v) is 3.10. The monoisotopic (exact) mass is 300 g/mol. The molecule has 0 saturated heterocycles. The first kappa shape index (κ1) is 14.4. The summed E-state index contributed by atoms with van der Waals surface area (Å²) in [4.78, 5) is 21.3. The van der Waals surface area contributed by atoms with Crippen LogP contribution in [0.3, 0.4) is 0 Å². The predicted molar refractivity (Wildman–Crippen MR) is 67.8 cm³/mol. The van der Waals surface area contributed by atoms with Gasteiger partial charge in [-0.3, -0.25) is 10.1 Å². The number of hydrogen-bond acceptors (Lipinski definition) is 6. The van der Waals surface area contributed by atoms with Gasteiger partial charge in [-0.05, 0) is 18.9 Å². The fourth-order valence-electron chi connectivity index (χ4n) is 1.62. The first-order valence-corrected chi connectivity index (χ1v) is 7.22. The Hall–Kier alpha value is -2.00. The van der Waals surface area contributed by atoms with Crippen LogP contribution in [-0.4, -0.2) is 32.5 Å². The number of nitro groups is 1. The SMILES string of the molecule is COC(=O)c1cc([N+](=O)[O-])ccc1S(=O)(=O)NC1CC1. The van der Waals surface area contributed by atoms with Gasteiger partial charge >= 0.3 is 5.97 Å². The minimum Gasteiger partial charge on any atom is -0.465 e. The number of esters is 1. The first-order valence-electron chi connectivity index (χ1n) is 5.74. The second-order valence-corrected chi connectivity index (χ2v) is 6.01. The Bertz CT molecular complexity index is 665. The second kappa shape index (κ2) is 5.17. The molecule has 8 nitrogen and oxygen atoms in total. The van der Waals surface area contributed by atoms with Crippen molar-refractivity contribution in [2.24, 2.45) is 0 Å². The molecule has 0 heterocycles. The van der Waals surface area contributed by atoms with Crippen LogP contribution in [0.1, 0.15) is 23.2 Å². The average molecular weight is 300 g/mol. The summed E-state index contributed by atoms with van der Waals surface area (Å²) < 4.78 is 31.1. The maximum atomic E-state index is 12.1. The molecule has 0 unspecified atom stereocenters. The molecular weight excluding hydrogens is 288 g/mol. The van der Waals surface area contributed by atoms with Gasteiger partial charge in [-0.1, -0.05) is 0 Å². The minimum absolute atomic E-state index is 0.138. The van der Waals surface area contributed by atoms with E-state index in [4.69, 9.17) is 0 Å². The number of sulfonamides is 1. The van der Waals surface area contributed by atoms with E-state index in [-0.39, 0.29) is 22.2 Å². The van der Waals surface area contributed by atoms with E-state index in [1.54, 1.807) is 0 Å². The van der Waals surface area contributed by atoms with Gasteiger partial charge in [0.1, 0.15) is 0 Å². The smallest absolute Gasteiger partial charge is 0.339 e. The molecule has 1 saturated carbocycles. The van der Waals surface area contributed by atoms with E-state index in [0.29, 0.717) is 0 Å². The lowest BCUT2D eigenvalue weighted by molar-refractivity contribution is -0.384. The molecule has 20 heavy (non-hydrogen) atoms. The molecule has 108 valence electrons. The van der Waals surface area contributed by atoms with Gasteiger partial charge in [0.05, 0.1) is 22.5 Å². The largest absolute Gasteiger partial charge is 0.465 e. The van der Waals surface area contributed by atoms with Gasteiger partial charge in [-0.2, -0.15) is 0 Å². The van der Waals surface area contributed by atoms with Gasteiger partial charge in [0, 0.05) is 18.2 Å². The summed E-state index contributed by atoms with van der Waals surface area (Å²) in [5.41, 5.74) is -0.731. The van der Waals surface area contributed by atoms with Gasteiger partial charge in [-0.25, -0.2) is 17.9 Å². The number of carbonyl (C=O) groups excluding carboxylic acids is 1. The molecule has 0 bridgehead atoms. The van der Waals surface area contributed by atoms with Crippen molar-refractivity contribution in [1.82, 2.24) is 4.72 Å². The van der Waals surface area contributed by atoms with E-state index in [9.17, 15) is 23.3 Å². The van der Waals surface area contributed by atoms with Crippen molar-refractivity contribution in [1.29, 1.82) is 0 Å². The van der Waals surface area contributed by atoms with E-state index in [1.807, 2.05) is 0 Å². The van der Waals surface area contributed by atoms with E-state index in [0.717, 1.165) is 38.2 Å². The number of rotatable bonds is 5. The molecule has 0 aromatic heterocycles. The fraction of sp³-hybridized carbons (Fsp3) is 0.364. The Labute approximate surface area is 114 Å². The van der Waals surface area contributed by atoms with Crippen molar-refractivity contribution in [2.75, 3.05) is 7.11 Å². The Morgan fingerprint density at radius 1 is 1.45 bits per heavy atom. The molecule has 1 N–H and O–H groups in total. The molecule has 0 spiro atoms. The predicted octanol–water partition coefficient (Wildman–Crippen LogP) is 0.822. The minimum atomic E-state index is -3.90. The number of hydrogen-bond donors (Lipinski definition) is 1. The van der Waals surface area contributed by atoms with E-state index in [1.165, 1.54) is 0 Å². The van der Waals surface area contributed by atoms with Crippen LogP contribution in [-0.2, 0) is 14.8 Å². The van der Waals surface area contributed by atoms with Crippen molar-refractivity contribution in [3.63, 3.8) is 0 Å². The number of nitrogens with one attached hydrogen (secondary N) is 1. The van der Waals surface area contributed by atoms with Gasteiger partial charge in [0.25, 0.3) is 5.69 Å². The molecule has 2 rings (SSSR count). The Morgan fingerprint density at radius 2 is 2.10 bits per heavy atom. The highest BCUT2D eigenvalue weighted by molar-refractivity contribution is 7.89. The Balaban J connectivity index is 2.50. The normalized spacial score (nSPS) is 14.8. The molecule has 0 aliphatic heterocycles. The molecule has 1 aromatic rings. The van der Waals surface area contributed by atoms with Crippen LogP contribution < -0.4 is 4.72 Å². The standard InChI is InChI=1S/C11H12N2O6S/c1-19-11(14)9-6-8(13(15)16)4-5-10(9)20(17,18)12-7-2-3-7/h4-7,12H,2-3H2,1H3. The van der Waals surface area contributed by atoms with Crippen LogP contribution in [0.4, 0.5) is 5.69 Å². The first-order chi connectivity index (χ1) is 9.35. The lowest BCUT2D eigenvalue weighted by Crippen LogP contribution is -2.27. The van der Waals surface area contributed by atoms with Crippen molar-refractivity contribution in [2.45, 2.75) is 23.8 Å². The quantitative estimate of drug-likeness (QED) is 0.489. The Kier molecular flexibility index (Phi) is 3.73. The average Bonchev–Trinajstić information content (AvgIpc) is 3.20. The summed E-state index contributed by atoms with van der Waals surface area (Å²) >= 11 is 0. The summed E-state index contributed by atoms with van der Waals surface area (Å²) in [5, 5.41) is 10.7. The number of methoxy groups -OCH3 is 1. The van der Waals surface area contributed by atoms with Crippen LogP contribution in [0.25, 0.3) is 0 Å². The number of nitrogens with zero attached hydrogens (tertiary/aromatic N) is 1. The number of non-ortho nitro benzene ring substituents is 1. The maximum Gasteiger partial charge on any atom is 0.339 e. The highest BCUT2D eigenvalue weighted by Crippen LogP contribution is 2.26. The lowest BCUT2D eigenvalue weighted by atomic mass is 10.2. The van der Waals surface area contributed by atoms with E-state index >= 15 is 0 Å². The Morgan fingerprint density at radius 3 is 2.60 bits per heavy atom. The van der Waals surface area contributed by atoms with Gasteiger partial charge in [0.15, 0.2) is 0 Å². The second-order valence-electron chi connectivity index (χ2n) is 4.32. The summed E-state index contributed by atoms with van der Waals surface area (Å²) in [6.45, 7) is 0. The van der Waals surface area contributed by atoms with E-state index < -0.39 is 20.9 Å². The third-order valence-corrected chi connectivity index (χ3v) is 4.35. The zero-order valence-corrected chi connectivity index (χ0v) is 11.3. The number of benzene rings is 1. The number of ether oxygens (including phenoxy) is 1. The summed E-state index contributed by atoms with van der Waals surface area (Å²) in [5.74, 6) is -0.940. The molecule has 9 heteroatoms. The number of carbonyl (C=O) groups is 1. The highest BCUT2D eigenvalue weighted by atomic mass is 32.2.